The van der Waals surface area contributed by atoms with E-state index in [1.807, 2.05) is 6.07 Å². The van der Waals surface area contributed by atoms with E-state index in [-0.39, 0.29) is 47.8 Å². The molecule has 0 spiro atoms. The summed E-state index contributed by atoms with van der Waals surface area (Å²) in [5.41, 5.74) is 3.33. The molecule has 2 N–H and O–H groups in total. The lowest BCUT2D eigenvalue weighted by atomic mass is 9.87. The number of benzene rings is 3. The lowest BCUT2D eigenvalue weighted by Gasteiger charge is -2.45. The molecule has 2 amide bonds. The van der Waals surface area contributed by atoms with Crippen molar-refractivity contribution in [3.05, 3.63) is 95.4 Å². The molecular formula is C36H40FN3O3S. The fourth-order valence-electron chi connectivity index (χ4n) is 7.22. The molecule has 1 saturated heterocycles. The molecule has 0 unspecified atom stereocenters. The second kappa shape index (κ2) is 12.0. The van der Waals surface area contributed by atoms with Crippen molar-refractivity contribution in [3.8, 4) is 5.75 Å². The molecule has 2 aliphatic rings. The Hall–Kier alpha value is -3.78. The Morgan fingerprint density at radius 1 is 1.02 bits per heavy atom. The third-order valence-corrected chi connectivity index (χ3v) is 10.9. The van der Waals surface area contributed by atoms with Crippen LogP contribution in [-0.2, 0) is 16.1 Å². The van der Waals surface area contributed by atoms with Gasteiger partial charge in [0.25, 0.3) is 0 Å². The Morgan fingerprint density at radius 3 is 2.41 bits per heavy atom. The zero-order valence-corrected chi connectivity index (χ0v) is 26.6. The summed E-state index contributed by atoms with van der Waals surface area (Å²) in [5.74, 6) is 1.75. The Kier molecular flexibility index (Phi) is 8.22. The average Bonchev–Trinajstić information content (AvgIpc) is 3.37. The number of halogens is 1. The number of thioether (sulfide) groups is 1. The predicted molar refractivity (Wildman–Crippen MR) is 176 cm³/mol. The number of methoxy groups -OCH3 is 1. The maximum atomic E-state index is 15.1. The first-order valence-electron chi connectivity index (χ1n) is 15.3. The number of rotatable bonds is 9. The van der Waals surface area contributed by atoms with Crippen molar-refractivity contribution in [1.82, 2.24) is 9.88 Å². The van der Waals surface area contributed by atoms with Crippen molar-refractivity contribution in [2.24, 2.45) is 11.3 Å². The van der Waals surface area contributed by atoms with Gasteiger partial charge in [-0.15, -0.1) is 0 Å². The van der Waals surface area contributed by atoms with E-state index in [4.69, 9.17) is 4.74 Å². The van der Waals surface area contributed by atoms with Crippen LogP contribution >= 0.6 is 11.8 Å². The fraction of sp³-hybridized carbons (Fsp3) is 0.389. The number of aromatic amines is 1. The zero-order chi connectivity index (χ0) is 31.1. The third-order valence-electron chi connectivity index (χ3n) is 9.89. The highest BCUT2D eigenvalue weighted by molar-refractivity contribution is 7.99. The van der Waals surface area contributed by atoms with Gasteiger partial charge < -0.3 is 19.9 Å². The topological polar surface area (TPSA) is 74.4 Å². The highest BCUT2D eigenvalue weighted by Gasteiger charge is 2.60. The van der Waals surface area contributed by atoms with Crippen molar-refractivity contribution in [2.75, 3.05) is 23.9 Å². The average molecular weight is 614 g/mol. The van der Waals surface area contributed by atoms with Gasteiger partial charge in [0.2, 0.25) is 11.8 Å². The Balaban J connectivity index is 1.34. The van der Waals surface area contributed by atoms with Crippen LogP contribution in [0.1, 0.15) is 55.8 Å². The van der Waals surface area contributed by atoms with Crippen LogP contribution in [0.4, 0.5) is 10.1 Å². The molecule has 1 aliphatic carbocycles. The van der Waals surface area contributed by atoms with Crippen LogP contribution in [0.25, 0.3) is 10.9 Å². The minimum atomic E-state index is -1.10. The number of amides is 2. The molecule has 6 rings (SSSR count). The van der Waals surface area contributed by atoms with Crippen molar-refractivity contribution in [2.45, 2.75) is 58.0 Å². The minimum Gasteiger partial charge on any atom is -0.497 e. The van der Waals surface area contributed by atoms with Crippen LogP contribution in [0.3, 0.4) is 0 Å². The molecule has 3 aromatic carbocycles. The van der Waals surface area contributed by atoms with Gasteiger partial charge in [-0.05, 0) is 90.5 Å². The van der Waals surface area contributed by atoms with E-state index in [1.165, 1.54) is 17.0 Å². The van der Waals surface area contributed by atoms with E-state index in [0.29, 0.717) is 29.8 Å². The number of aromatic nitrogens is 1. The Morgan fingerprint density at radius 2 is 1.70 bits per heavy atom. The highest BCUT2D eigenvalue weighted by atomic mass is 32.2. The first-order valence-corrected chi connectivity index (χ1v) is 16.5. The normalized spacial score (nSPS) is 20.2. The summed E-state index contributed by atoms with van der Waals surface area (Å²) < 4.78 is 20.4. The quantitative estimate of drug-likeness (QED) is 0.203. The molecule has 8 heteroatoms. The van der Waals surface area contributed by atoms with Gasteiger partial charge in [0.1, 0.15) is 17.1 Å². The minimum absolute atomic E-state index is 0.0378. The van der Waals surface area contributed by atoms with Crippen LogP contribution in [0, 0.1) is 24.1 Å². The maximum Gasteiger partial charge on any atom is 0.250 e. The molecule has 4 aromatic rings. The number of nitrogens with one attached hydrogen (secondary N) is 2. The van der Waals surface area contributed by atoms with Crippen molar-refractivity contribution < 1.29 is 18.7 Å². The number of hydrogen-bond acceptors (Lipinski definition) is 4. The number of ether oxygens (including phenoxy) is 1. The number of carbonyl (C=O) groups is 2. The number of carbonyl (C=O) groups excluding carboxylic acids is 2. The van der Waals surface area contributed by atoms with E-state index >= 15 is 4.39 Å². The van der Waals surface area contributed by atoms with Crippen LogP contribution in [0.5, 0.6) is 5.75 Å². The summed E-state index contributed by atoms with van der Waals surface area (Å²) in [7, 11) is 1.60. The fourth-order valence-corrected chi connectivity index (χ4v) is 8.39. The summed E-state index contributed by atoms with van der Waals surface area (Å²) in [4.78, 5) is 34.1. The molecule has 0 bridgehead atoms. The van der Waals surface area contributed by atoms with Gasteiger partial charge in [0.05, 0.1) is 7.11 Å². The Bertz CT molecular complexity index is 1680. The van der Waals surface area contributed by atoms with Gasteiger partial charge in [0, 0.05) is 40.8 Å². The molecule has 1 aromatic heterocycles. The maximum absolute atomic E-state index is 15.1. The molecule has 2 atom stereocenters. The number of anilines is 1. The summed E-state index contributed by atoms with van der Waals surface area (Å²) in [5, 5.41) is 4.28. The molecule has 2 heterocycles. The zero-order valence-electron chi connectivity index (χ0n) is 25.8. The van der Waals surface area contributed by atoms with Crippen LogP contribution < -0.4 is 10.1 Å². The van der Waals surface area contributed by atoms with Crippen LogP contribution in [0.2, 0.25) is 0 Å². The number of fused-ring (bicyclic) bond motifs is 1. The molecular weight excluding hydrogens is 573 g/mol. The number of nitrogens with zero attached hydrogens (tertiary/aromatic N) is 1. The van der Waals surface area contributed by atoms with Crippen LogP contribution in [0.15, 0.2) is 72.8 Å². The molecule has 1 aliphatic heterocycles. The van der Waals surface area contributed by atoms with Gasteiger partial charge >= 0.3 is 0 Å². The second-order valence-electron chi connectivity index (χ2n) is 12.7. The standard InChI is InChI=1S/C36H40FN3O3S/c1-23-32(27-10-6-8-12-30(27)38-23)33-28(35(33,2)3)21-31(41)40(22-24-9-5-7-11-29(24)37)36(17-19-44-20-18-36)34(42)39-25-13-15-26(43-4)16-14-25/h5-16,28,33,38H,17-22H2,1-4H3,(H,39,42)/t28-,33+/m0/s1. The van der Waals surface area contributed by atoms with Crippen LogP contribution in [-0.4, -0.2) is 45.9 Å². The van der Waals surface area contributed by atoms with Crippen molar-refractivity contribution in [1.29, 1.82) is 0 Å². The summed E-state index contributed by atoms with van der Waals surface area (Å²) >= 11 is 1.78. The number of hydrogen-bond donors (Lipinski definition) is 2. The number of aryl methyl sites for hydroxylation is 1. The molecule has 1 saturated carbocycles. The first-order chi connectivity index (χ1) is 21.2. The molecule has 230 valence electrons. The molecule has 44 heavy (non-hydrogen) atoms. The van der Waals surface area contributed by atoms with Gasteiger partial charge in [-0.1, -0.05) is 50.2 Å². The van der Waals surface area contributed by atoms with Gasteiger partial charge in [-0.3, -0.25) is 9.59 Å². The summed E-state index contributed by atoms with van der Waals surface area (Å²) in [6.07, 6.45) is 1.29. The van der Waals surface area contributed by atoms with E-state index in [9.17, 15) is 9.59 Å². The summed E-state index contributed by atoms with van der Waals surface area (Å²) in [6, 6.07) is 22.0. The number of H-pyrrole nitrogens is 1. The smallest absolute Gasteiger partial charge is 0.250 e. The van der Waals surface area contributed by atoms with E-state index in [2.05, 4.69) is 49.3 Å². The summed E-state index contributed by atoms with van der Waals surface area (Å²) in [6.45, 7) is 6.59. The lowest BCUT2D eigenvalue weighted by molar-refractivity contribution is -0.147. The van der Waals surface area contributed by atoms with Gasteiger partial charge in [-0.2, -0.15) is 11.8 Å². The molecule has 0 radical (unpaired) electrons. The van der Waals surface area contributed by atoms with Crippen molar-refractivity contribution in [3.63, 3.8) is 0 Å². The Labute approximate surface area is 262 Å². The first kappa shape index (κ1) is 30.3. The third kappa shape index (κ3) is 5.49. The molecule has 6 nitrogen and oxygen atoms in total. The van der Waals surface area contributed by atoms with Gasteiger partial charge in [-0.25, -0.2) is 4.39 Å². The van der Waals surface area contributed by atoms with E-state index in [1.54, 1.807) is 66.2 Å². The van der Waals surface area contributed by atoms with Crippen molar-refractivity contribution >= 4 is 40.2 Å². The second-order valence-corrected chi connectivity index (χ2v) is 13.9. The monoisotopic (exact) mass is 613 g/mol. The lowest BCUT2D eigenvalue weighted by Crippen LogP contribution is -2.60. The highest BCUT2D eigenvalue weighted by Crippen LogP contribution is 2.67. The largest absolute Gasteiger partial charge is 0.497 e. The van der Waals surface area contributed by atoms with E-state index in [0.717, 1.165) is 22.7 Å². The predicted octanol–water partition coefficient (Wildman–Crippen LogP) is 7.69. The van der Waals surface area contributed by atoms with Gasteiger partial charge in [0.15, 0.2) is 0 Å². The molecule has 2 fully saturated rings. The number of para-hydroxylation sites is 1. The van der Waals surface area contributed by atoms with E-state index < -0.39 is 5.54 Å². The SMILES string of the molecule is COc1ccc(NC(=O)C2(N(Cc3ccccc3F)C(=O)C[C@H]3[C@H](c4c(C)[nH]c5ccccc45)C3(C)C)CCSCC2)cc1.